The van der Waals surface area contributed by atoms with Crippen LogP contribution in [0.2, 0.25) is 0 Å². The van der Waals surface area contributed by atoms with Crippen LogP contribution in [-0.2, 0) is 12.4 Å². The molecule has 0 aliphatic carbocycles. The second kappa shape index (κ2) is 15.0. The summed E-state index contributed by atoms with van der Waals surface area (Å²) in [6, 6.07) is 34.8. The van der Waals surface area contributed by atoms with E-state index >= 15 is 0 Å². The van der Waals surface area contributed by atoms with Gasteiger partial charge in [0.25, 0.3) is 0 Å². The molecule has 0 saturated heterocycles. The maximum absolute atomic E-state index is 13.8. The lowest BCUT2D eigenvalue weighted by atomic mass is 10.00. The number of nitrogens with zero attached hydrogens (tertiary/aromatic N) is 4. The smallest absolute Gasteiger partial charge is 0.315 e. The zero-order valence-electron chi connectivity index (χ0n) is 27.7. The van der Waals surface area contributed by atoms with Gasteiger partial charge in [-0.3, -0.25) is 5.41 Å². The van der Waals surface area contributed by atoms with Crippen molar-refractivity contribution in [2.75, 3.05) is 0 Å². The Labute approximate surface area is 313 Å². The molecule has 0 fully saturated rings. The van der Waals surface area contributed by atoms with Gasteiger partial charge in [-0.2, -0.15) is 26.3 Å². The third-order valence-electron chi connectivity index (χ3n) is 8.27. The first kappa shape index (κ1) is 36.6. The van der Waals surface area contributed by atoms with E-state index in [1.807, 2.05) is 48.5 Å². The fraction of sp³-hybridized carbons (Fsp3) is 0.0750. The number of aromatic nitrogens is 4. The van der Waals surface area contributed by atoms with E-state index in [2.05, 4.69) is 20.2 Å². The first-order valence-electron chi connectivity index (χ1n) is 16.2. The molecule has 0 aliphatic heterocycles. The molecule has 7 aromatic rings. The number of thioether (sulfide) groups is 1. The molecule has 1 atom stereocenters. The van der Waals surface area contributed by atoms with Gasteiger partial charge in [0, 0.05) is 16.7 Å². The lowest BCUT2D eigenvalue weighted by Crippen LogP contribution is -2.11. The highest BCUT2D eigenvalue weighted by Crippen LogP contribution is 2.40. The van der Waals surface area contributed by atoms with Crippen molar-refractivity contribution in [3.05, 3.63) is 156 Å². The van der Waals surface area contributed by atoms with E-state index in [9.17, 15) is 26.3 Å². The summed E-state index contributed by atoms with van der Waals surface area (Å²) >= 11 is 2.19. The molecule has 0 amide bonds. The standard InChI is InChI=1S/C40H26F6N6S2/c41-39(42,43)29-14-6-4-12-27(29)31-16-8-18-33(49-31)36(48)53-35(47)25-20-24(23-10-2-1-3-11-23)21-26(22-25)37-51-52-38(54-37)34-19-9-17-32(50-34)28-13-5-7-15-30(28)40(44,45)46/h1-22,35,48H,47H2. The normalized spacial score (nSPS) is 12.4. The van der Waals surface area contributed by atoms with Crippen LogP contribution in [0.15, 0.2) is 133 Å². The number of nitrogens with two attached hydrogens (primary N) is 1. The van der Waals surface area contributed by atoms with E-state index < -0.39 is 28.9 Å². The number of halogens is 6. The monoisotopic (exact) mass is 768 g/mol. The molecule has 270 valence electrons. The topological polar surface area (TPSA) is 101 Å². The van der Waals surface area contributed by atoms with E-state index in [0.29, 0.717) is 26.8 Å². The quantitative estimate of drug-likeness (QED) is 0.0691. The van der Waals surface area contributed by atoms with Crippen molar-refractivity contribution in [1.82, 2.24) is 20.2 Å². The van der Waals surface area contributed by atoms with Crippen LogP contribution in [0.4, 0.5) is 26.3 Å². The lowest BCUT2D eigenvalue weighted by Gasteiger charge is -2.16. The van der Waals surface area contributed by atoms with Crippen LogP contribution in [0.3, 0.4) is 0 Å². The largest absolute Gasteiger partial charge is 0.417 e. The molecule has 0 aliphatic rings. The van der Waals surface area contributed by atoms with Crippen LogP contribution in [0.25, 0.3) is 54.9 Å². The predicted molar refractivity (Wildman–Crippen MR) is 200 cm³/mol. The molecule has 0 saturated carbocycles. The molecule has 6 nitrogen and oxygen atoms in total. The average molecular weight is 769 g/mol. The summed E-state index contributed by atoms with van der Waals surface area (Å²) in [5, 5.41) is 17.6. The minimum Gasteiger partial charge on any atom is -0.315 e. The molecule has 0 spiro atoms. The van der Waals surface area contributed by atoms with Gasteiger partial charge in [0.05, 0.1) is 33.6 Å². The summed E-state index contributed by atoms with van der Waals surface area (Å²) in [6.45, 7) is 0. The SMILES string of the molecule is N=C(SC(N)c1cc(-c2ccccc2)cc(-c2nnc(-c3cccc(-c4ccccc4C(F)(F)F)n3)s2)c1)c1cccc(-c2ccccc2C(F)(F)F)n1. The Kier molecular flexibility index (Phi) is 10.2. The van der Waals surface area contributed by atoms with Crippen LogP contribution in [0.5, 0.6) is 0 Å². The van der Waals surface area contributed by atoms with Crippen molar-refractivity contribution in [3.63, 3.8) is 0 Å². The Balaban J connectivity index is 1.20. The van der Waals surface area contributed by atoms with E-state index in [4.69, 9.17) is 11.1 Å². The summed E-state index contributed by atoms with van der Waals surface area (Å²) in [5.41, 5.74) is 8.60. The molecular weight excluding hydrogens is 743 g/mol. The number of rotatable bonds is 8. The zero-order chi connectivity index (χ0) is 38.0. The fourth-order valence-corrected chi connectivity index (χ4v) is 7.32. The van der Waals surface area contributed by atoms with E-state index in [-0.39, 0.29) is 33.3 Å². The molecule has 3 aromatic heterocycles. The summed E-state index contributed by atoms with van der Waals surface area (Å²) < 4.78 is 82.5. The summed E-state index contributed by atoms with van der Waals surface area (Å²) in [5.74, 6) is 0. The highest BCUT2D eigenvalue weighted by atomic mass is 32.2. The molecule has 7 rings (SSSR count). The van der Waals surface area contributed by atoms with Crippen molar-refractivity contribution in [2.45, 2.75) is 17.7 Å². The van der Waals surface area contributed by atoms with Gasteiger partial charge in [-0.1, -0.05) is 102 Å². The molecule has 3 N–H and O–H groups in total. The molecule has 14 heteroatoms. The number of alkyl halides is 6. The first-order chi connectivity index (χ1) is 25.8. The van der Waals surface area contributed by atoms with Gasteiger partial charge >= 0.3 is 12.4 Å². The molecule has 3 heterocycles. The van der Waals surface area contributed by atoms with E-state index in [0.717, 1.165) is 35.0 Å². The Morgan fingerprint density at radius 3 is 1.76 bits per heavy atom. The second-order valence-corrected chi connectivity index (χ2v) is 14.0. The molecule has 54 heavy (non-hydrogen) atoms. The highest BCUT2D eigenvalue weighted by Gasteiger charge is 2.34. The zero-order valence-corrected chi connectivity index (χ0v) is 29.4. The molecular formula is C40H26F6N6S2. The maximum atomic E-state index is 13.8. The van der Waals surface area contributed by atoms with Crippen molar-refractivity contribution in [3.8, 4) is 54.9 Å². The van der Waals surface area contributed by atoms with Crippen LogP contribution in [0, 0.1) is 5.41 Å². The van der Waals surface area contributed by atoms with Crippen molar-refractivity contribution >= 4 is 28.1 Å². The maximum Gasteiger partial charge on any atom is 0.417 e. The van der Waals surface area contributed by atoms with E-state index in [1.165, 1.54) is 59.9 Å². The molecule has 1 unspecified atom stereocenters. The third kappa shape index (κ3) is 7.95. The van der Waals surface area contributed by atoms with Crippen molar-refractivity contribution < 1.29 is 26.3 Å². The first-order valence-corrected chi connectivity index (χ1v) is 17.9. The van der Waals surface area contributed by atoms with Crippen LogP contribution in [-0.4, -0.2) is 25.2 Å². The molecule has 0 bridgehead atoms. The lowest BCUT2D eigenvalue weighted by molar-refractivity contribution is -0.137. The number of nitrogens with one attached hydrogen (secondary N) is 1. The van der Waals surface area contributed by atoms with Crippen molar-refractivity contribution in [2.24, 2.45) is 5.73 Å². The second-order valence-electron chi connectivity index (χ2n) is 11.9. The summed E-state index contributed by atoms with van der Waals surface area (Å²) in [7, 11) is 0. The fourth-order valence-electron chi connectivity index (χ4n) is 5.76. The van der Waals surface area contributed by atoms with Gasteiger partial charge in [0.1, 0.15) is 15.7 Å². The van der Waals surface area contributed by atoms with Gasteiger partial charge in [-0.15, -0.1) is 10.2 Å². The Hall–Kier alpha value is -5.70. The minimum atomic E-state index is -4.59. The Morgan fingerprint density at radius 2 is 1.11 bits per heavy atom. The average Bonchev–Trinajstić information content (AvgIpc) is 3.68. The minimum absolute atomic E-state index is 0.0447. The number of pyridine rings is 2. The predicted octanol–water partition coefficient (Wildman–Crippen LogP) is 11.4. The van der Waals surface area contributed by atoms with Crippen LogP contribution in [0.1, 0.15) is 27.8 Å². The van der Waals surface area contributed by atoms with E-state index in [1.54, 1.807) is 24.3 Å². The van der Waals surface area contributed by atoms with Gasteiger partial charge in [0.15, 0.2) is 5.01 Å². The number of hydrogen-bond donors (Lipinski definition) is 2. The number of benzene rings is 4. The Morgan fingerprint density at radius 1 is 0.574 bits per heavy atom. The third-order valence-corrected chi connectivity index (χ3v) is 10.2. The Bertz CT molecular complexity index is 2460. The van der Waals surface area contributed by atoms with Gasteiger partial charge < -0.3 is 5.73 Å². The van der Waals surface area contributed by atoms with Crippen molar-refractivity contribution in [1.29, 1.82) is 5.41 Å². The van der Waals surface area contributed by atoms with Gasteiger partial charge in [0.2, 0.25) is 0 Å². The van der Waals surface area contributed by atoms with Gasteiger partial charge in [-0.05, 0) is 71.3 Å². The summed E-state index contributed by atoms with van der Waals surface area (Å²) in [4.78, 5) is 8.90. The molecule has 4 aromatic carbocycles. The van der Waals surface area contributed by atoms with Gasteiger partial charge in [-0.25, -0.2) is 9.97 Å². The van der Waals surface area contributed by atoms with Crippen LogP contribution < -0.4 is 5.73 Å². The summed E-state index contributed by atoms with van der Waals surface area (Å²) in [6.07, 6.45) is -9.15. The highest BCUT2D eigenvalue weighted by molar-refractivity contribution is 8.14. The molecule has 0 radical (unpaired) electrons. The number of hydrogen-bond acceptors (Lipinski definition) is 8. The van der Waals surface area contributed by atoms with Crippen LogP contribution >= 0.6 is 23.1 Å².